The zero-order valence-corrected chi connectivity index (χ0v) is 15.8. The molecule has 0 spiro atoms. The molecule has 8 nitrogen and oxygen atoms in total. The highest BCUT2D eigenvalue weighted by Crippen LogP contribution is 2.42. The minimum absolute atomic E-state index is 0.0119. The quantitative estimate of drug-likeness (QED) is 0.499. The van der Waals surface area contributed by atoms with Crippen molar-refractivity contribution in [2.45, 2.75) is 6.54 Å². The number of anilines is 1. The van der Waals surface area contributed by atoms with E-state index in [-0.39, 0.29) is 34.3 Å². The van der Waals surface area contributed by atoms with Crippen LogP contribution in [0.15, 0.2) is 42.6 Å². The average Bonchev–Trinajstić information content (AvgIpc) is 2.91. The number of hydrogen-bond acceptors (Lipinski definition) is 6. The fraction of sp³-hybridized carbons (Fsp3) is 0.105. The summed E-state index contributed by atoms with van der Waals surface area (Å²) in [6, 6.07) is 8.23. The Morgan fingerprint density at radius 3 is 2.41 bits per heavy atom. The topological polar surface area (TPSA) is 117 Å². The van der Waals surface area contributed by atoms with E-state index in [0.717, 1.165) is 11.2 Å². The summed E-state index contributed by atoms with van der Waals surface area (Å²) < 4.78 is 39.2. The number of carbonyl (C=O) groups excluding carboxylic acids is 2. The van der Waals surface area contributed by atoms with E-state index in [1.54, 1.807) is 0 Å². The maximum absolute atomic E-state index is 13.1. The van der Waals surface area contributed by atoms with E-state index in [2.05, 4.69) is 9.71 Å². The minimum Gasteiger partial charge on any atom is -0.505 e. The van der Waals surface area contributed by atoms with E-state index < -0.39 is 33.4 Å². The summed E-state index contributed by atoms with van der Waals surface area (Å²) in [6.07, 6.45) is 2.28. The second kappa shape index (κ2) is 6.52. The Morgan fingerprint density at radius 2 is 1.76 bits per heavy atom. The van der Waals surface area contributed by atoms with Crippen LogP contribution in [0.25, 0.3) is 10.9 Å². The van der Waals surface area contributed by atoms with Crippen molar-refractivity contribution in [3.05, 3.63) is 65.1 Å². The van der Waals surface area contributed by atoms with Crippen LogP contribution in [0.1, 0.15) is 26.3 Å². The molecule has 0 unspecified atom stereocenters. The predicted molar refractivity (Wildman–Crippen MR) is 102 cm³/mol. The molecule has 29 heavy (non-hydrogen) atoms. The van der Waals surface area contributed by atoms with Gasteiger partial charge in [0.25, 0.3) is 11.8 Å². The van der Waals surface area contributed by atoms with Crippen molar-refractivity contribution < 1.29 is 27.5 Å². The number of pyridine rings is 1. The van der Waals surface area contributed by atoms with E-state index >= 15 is 0 Å². The van der Waals surface area contributed by atoms with Gasteiger partial charge in [-0.15, -0.1) is 0 Å². The number of aromatic nitrogens is 1. The van der Waals surface area contributed by atoms with Crippen molar-refractivity contribution >= 4 is 38.4 Å². The van der Waals surface area contributed by atoms with Gasteiger partial charge in [-0.05, 0) is 29.8 Å². The number of benzene rings is 2. The molecule has 0 bridgehead atoms. The number of imide groups is 1. The van der Waals surface area contributed by atoms with Gasteiger partial charge in [0.1, 0.15) is 11.3 Å². The van der Waals surface area contributed by atoms with Gasteiger partial charge in [0.2, 0.25) is 10.0 Å². The second-order valence-corrected chi connectivity index (χ2v) is 8.32. The van der Waals surface area contributed by atoms with Gasteiger partial charge in [0.05, 0.1) is 29.6 Å². The number of phenols is 1. The monoisotopic (exact) mass is 415 g/mol. The molecule has 1 aliphatic rings. The third-order valence-corrected chi connectivity index (χ3v) is 5.07. The first-order chi connectivity index (χ1) is 13.7. The maximum atomic E-state index is 13.1. The number of carbonyl (C=O) groups is 2. The SMILES string of the molecule is CS(=O)(=O)Nc1c2c(c(O)c3ncccc13)C(=O)N(Cc1ccc(F)cc1)C2=O. The lowest BCUT2D eigenvalue weighted by molar-refractivity contribution is 0.0642. The molecule has 0 saturated heterocycles. The molecule has 0 aliphatic carbocycles. The Kier molecular flexibility index (Phi) is 4.23. The van der Waals surface area contributed by atoms with Gasteiger partial charge in [-0.3, -0.25) is 24.2 Å². The highest BCUT2D eigenvalue weighted by Gasteiger charge is 2.42. The van der Waals surface area contributed by atoms with Crippen LogP contribution in [-0.4, -0.2) is 41.5 Å². The third-order valence-electron chi connectivity index (χ3n) is 4.50. The minimum atomic E-state index is -3.81. The highest BCUT2D eigenvalue weighted by atomic mass is 32.2. The standard InChI is InChI=1S/C19H14FN3O5S/c1-29(27,28)22-15-12-3-2-8-21-16(12)17(24)14-13(15)18(25)23(19(14)26)9-10-4-6-11(20)7-5-10/h2-8,22,24H,9H2,1H3. The van der Waals surface area contributed by atoms with E-state index in [1.807, 2.05) is 0 Å². The molecule has 2 N–H and O–H groups in total. The van der Waals surface area contributed by atoms with Crippen LogP contribution in [0.4, 0.5) is 10.1 Å². The van der Waals surface area contributed by atoms with Crippen LogP contribution >= 0.6 is 0 Å². The Hall–Kier alpha value is -3.53. The van der Waals surface area contributed by atoms with Gasteiger partial charge in [-0.25, -0.2) is 12.8 Å². The number of phenolic OH excluding ortho intramolecular Hbond substituents is 1. The normalized spacial score (nSPS) is 13.8. The van der Waals surface area contributed by atoms with Crippen molar-refractivity contribution in [3.8, 4) is 5.75 Å². The summed E-state index contributed by atoms with van der Waals surface area (Å²) in [4.78, 5) is 30.9. The fourth-order valence-corrected chi connectivity index (χ4v) is 3.87. The lowest BCUT2D eigenvalue weighted by Crippen LogP contribution is -2.29. The molecule has 2 aromatic carbocycles. The van der Waals surface area contributed by atoms with Crippen LogP contribution < -0.4 is 4.72 Å². The van der Waals surface area contributed by atoms with Crippen LogP contribution in [-0.2, 0) is 16.6 Å². The number of fused-ring (bicyclic) bond motifs is 2. The first-order valence-electron chi connectivity index (χ1n) is 8.39. The molecule has 3 aromatic rings. The van der Waals surface area contributed by atoms with Gasteiger partial charge in [0, 0.05) is 11.6 Å². The summed E-state index contributed by atoms with van der Waals surface area (Å²) in [7, 11) is -3.81. The molecule has 2 amide bonds. The van der Waals surface area contributed by atoms with Gasteiger partial charge in [-0.2, -0.15) is 0 Å². The Balaban J connectivity index is 1.91. The summed E-state index contributed by atoms with van der Waals surface area (Å²) in [5.41, 5.74) is -0.221. The molecule has 1 aliphatic heterocycles. The predicted octanol–water partition coefficient (Wildman–Crippen LogP) is 2.25. The molecule has 2 heterocycles. The summed E-state index contributed by atoms with van der Waals surface area (Å²) in [5.74, 6) is -2.54. The zero-order chi connectivity index (χ0) is 20.9. The molecule has 0 saturated carbocycles. The van der Waals surface area contributed by atoms with Crippen LogP contribution in [0.2, 0.25) is 0 Å². The zero-order valence-electron chi connectivity index (χ0n) is 15.0. The highest BCUT2D eigenvalue weighted by molar-refractivity contribution is 7.92. The Labute approximate surface area is 164 Å². The molecular formula is C19H14FN3O5S. The number of nitrogens with one attached hydrogen (secondary N) is 1. The largest absolute Gasteiger partial charge is 0.505 e. The number of rotatable bonds is 4. The number of sulfonamides is 1. The maximum Gasteiger partial charge on any atom is 0.265 e. The number of halogens is 1. The summed E-state index contributed by atoms with van der Waals surface area (Å²) in [5, 5.41) is 10.8. The summed E-state index contributed by atoms with van der Waals surface area (Å²) in [6.45, 7) is -0.172. The van der Waals surface area contributed by atoms with Crippen molar-refractivity contribution in [1.82, 2.24) is 9.88 Å². The Bertz CT molecular complexity index is 1290. The van der Waals surface area contributed by atoms with Crippen LogP contribution in [0, 0.1) is 5.82 Å². The molecule has 0 atom stereocenters. The van der Waals surface area contributed by atoms with E-state index in [4.69, 9.17) is 0 Å². The molecule has 10 heteroatoms. The number of nitrogens with zero attached hydrogens (tertiary/aromatic N) is 2. The van der Waals surface area contributed by atoms with Gasteiger partial charge in [-0.1, -0.05) is 12.1 Å². The van der Waals surface area contributed by atoms with E-state index in [0.29, 0.717) is 5.56 Å². The average molecular weight is 415 g/mol. The van der Waals surface area contributed by atoms with Gasteiger partial charge >= 0.3 is 0 Å². The van der Waals surface area contributed by atoms with Crippen molar-refractivity contribution in [1.29, 1.82) is 0 Å². The molecular weight excluding hydrogens is 401 g/mol. The molecule has 0 radical (unpaired) electrons. The third kappa shape index (κ3) is 3.17. The number of hydrogen-bond donors (Lipinski definition) is 2. The van der Waals surface area contributed by atoms with E-state index in [9.17, 15) is 27.5 Å². The number of aromatic hydroxyl groups is 1. The first-order valence-corrected chi connectivity index (χ1v) is 10.3. The molecule has 4 rings (SSSR count). The lowest BCUT2D eigenvalue weighted by Gasteiger charge is -2.14. The molecule has 1 aromatic heterocycles. The van der Waals surface area contributed by atoms with Crippen LogP contribution in [0.3, 0.4) is 0 Å². The number of amides is 2. The molecule has 0 fully saturated rings. The van der Waals surface area contributed by atoms with Gasteiger partial charge in [0.15, 0.2) is 5.75 Å². The first kappa shape index (κ1) is 18.8. The smallest absolute Gasteiger partial charge is 0.265 e. The summed E-state index contributed by atoms with van der Waals surface area (Å²) >= 11 is 0. The Morgan fingerprint density at radius 1 is 1.10 bits per heavy atom. The van der Waals surface area contributed by atoms with Crippen molar-refractivity contribution in [2.24, 2.45) is 0 Å². The van der Waals surface area contributed by atoms with Crippen molar-refractivity contribution in [2.75, 3.05) is 11.0 Å². The lowest BCUT2D eigenvalue weighted by atomic mass is 10.0. The molecule has 148 valence electrons. The van der Waals surface area contributed by atoms with Crippen molar-refractivity contribution in [3.63, 3.8) is 0 Å². The van der Waals surface area contributed by atoms with E-state index in [1.165, 1.54) is 42.6 Å². The van der Waals surface area contributed by atoms with Gasteiger partial charge < -0.3 is 5.11 Å². The van der Waals surface area contributed by atoms with Crippen LogP contribution in [0.5, 0.6) is 5.75 Å². The fourth-order valence-electron chi connectivity index (χ4n) is 3.28. The second-order valence-electron chi connectivity index (χ2n) is 6.57.